The molecule has 0 aliphatic heterocycles. The van der Waals surface area contributed by atoms with Crippen LogP contribution in [0.3, 0.4) is 0 Å². The first-order valence-corrected chi connectivity index (χ1v) is 9.28. The molecule has 0 spiro atoms. The van der Waals surface area contributed by atoms with Crippen LogP contribution in [0.15, 0.2) is 40.9 Å². The molecular weight excluding hydrogens is 431 g/mol. The van der Waals surface area contributed by atoms with Crippen molar-refractivity contribution in [2.75, 3.05) is 0 Å². The van der Waals surface area contributed by atoms with Crippen molar-refractivity contribution in [3.8, 4) is 0 Å². The fourth-order valence-electron chi connectivity index (χ4n) is 2.66. The smallest absolute Gasteiger partial charge is 0.334 e. The molecule has 0 saturated heterocycles. The molecule has 6 heteroatoms. The Morgan fingerprint density at radius 3 is 2.52 bits per heavy atom. The second-order valence-corrected chi connectivity index (χ2v) is 8.63. The number of halogens is 1. The quantitative estimate of drug-likeness (QED) is 0.387. The van der Waals surface area contributed by atoms with Crippen LogP contribution in [0.5, 0.6) is 0 Å². The topological polar surface area (TPSA) is 65.2 Å². The maximum atomic E-state index is 12.0. The van der Waals surface area contributed by atoms with E-state index in [2.05, 4.69) is 63.6 Å². The van der Waals surface area contributed by atoms with Gasteiger partial charge in [-0.1, -0.05) is 23.9 Å². The van der Waals surface area contributed by atoms with Gasteiger partial charge in [0.25, 0.3) is 0 Å². The molecule has 1 aromatic carbocycles. The molecule has 0 amide bonds. The summed E-state index contributed by atoms with van der Waals surface area (Å²) in [6.45, 7) is 9.25. The van der Waals surface area contributed by atoms with Crippen LogP contribution in [0.1, 0.15) is 50.9 Å². The van der Waals surface area contributed by atoms with Gasteiger partial charge in [-0.3, -0.25) is 0 Å². The zero-order valence-electron chi connectivity index (χ0n) is 14.6. The van der Waals surface area contributed by atoms with Crippen LogP contribution in [-0.4, -0.2) is 21.7 Å². The number of rotatable bonds is 5. The molecule has 1 fully saturated rings. The van der Waals surface area contributed by atoms with Crippen LogP contribution >= 0.6 is 22.6 Å². The number of carbonyl (C=O) groups excluding carboxylic acids is 1. The van der Waals surface area contributed by atoms with Crippen molar-refractivity contribution in [1.82, 2.24) is 10.1 Å². The van der Waals surface area contributed by atoms with Gasteiger partial charge in [0.05, 0.1) is 11.8 Å². The lowest BCUT2D eigenvalue weighted by Crippen LogP contribution is -2.25. The minimum atomic E-state index is -0.553. The Kier molecular flexibility index (Phi) is 4.74. The van der Waals surface area contributed by atoms with Crippen molar-refractivity contribution in [3.63, 3.8) is 0 Å². The Bertz CT molecular complexity index is 799. The summed E-state index contributed by atoms with van der Waals surface area (Å²) in [5, 5.41) is 4.15. The van der Waals surface area contributed by atoms with Gasteiger partial charge in [-0.05, 0) is 73.9 Å². The number of benzene rings is 1. The van der Waals surface area contributed by atoms with Gasteiger partial charge in [0, 0.05) is 9.14 Å². The third-order valence-corrected chi connectivity index (χ3v) is 4.81. The van der Waals surface area contributed by atoms with Crippen molar-refractivity contribution in [2.45, 2.75) is 51.0 Å². The second kappa shape index (κ2) is 6.55. The van der Waals surface area contributed by atoms with Gasteiger partial charge in [0.15, 0.2) is 5.82 Å². The van der Waals surface area contributed by atoms with Crippen LogP contribution in [0.25, 0.3) is 0 Å². The van der Waals surface area contributed by atoms with Crippen molar-refractivity contribution >= 4 is 28.6 Å². The number of nitrogens with zero attached hydrogens (tertiary/aromatic N) is 2. The molecule has 0 N–H and O–H groups in total. The summed E-state index contributed by atoms with van der Waals surface area (Å²) in [7, 11) is 0. The molecule has 5 nitrogen and oxygen atoms in total. The highest BCUT2D eigenvalue weighted by molar-refractivity contribution is 14.1. The molecule has 0 bridgehead atoms. The van der Waals surface area contributed by atoms with E-state index in [9.17, 15) is 4.79 Å². The highest BCUT2D eigenvalue weighted by atomic mass is 127. The molecule has 2 aromatic rings. The predicted molar refractivity (Wildman–Crippen MR) is 102 cm³/mol. The summed E-state index contributed by atoms with van der Waals surface area (Å²) in [5.74, 6) is 0.634. The molecule has 1 heterocycles. The Labute approximate surface area is 161 Å². The highest BCUT2D eigenvalue weighted by Gasteiger charge is 2.50. The number of carbonyl (C=O) groups is 1. The van der Waals surface area contributed by atoms with Crippen LogP contribution in [0.2, 0.25) is 0 Å². The lowest BCUT2D eigenvalue weighted by Gasteiger charge is -2.19. The molecule has 0 atom stereocenters. The Morgan fingerprint density at radius 2 is 1.96 bits per heavy atom. The average Bonchev–Trinajstić information content (AvgIpc) is 3.19. The van der Waals surface area contributed by atoms with Crippen molar-refractivity contribution in [2.24, 2.45) is 0 Å². The van der Waals surface area contributed by atoms with E-state index in [1.165, 1.54) is 9.13 Å². The van der Waals surface area contributed by atoms with Gasteiger partial charge in [0.2, 0.25) is 5.89 Å². The van der Waals surface area contributed by atoms with Gasteiger partial charge in [-0.25, -0.2) is 4.79 Å². The molecule has 1 aliphatic rings. The SMILES string of the molecule is C=C(Cc1nc(C2(c3ccc(I)cc3)CC2)no1)C(=O)OC(C)(C)C. The second-order valence-electron chi connectivity index (χ2n) is 7.38. The summed E-state index contributed by atoms with van der Waals surface area (Å²) in [4.78, 5) is 16.5. The molecule has 0 radical (unpaired) electrons. The van der Waals surface area contributed by atoms with E-state index in [-0.39, 0.29) is 11.8 Å². The van der Waals surface area contributed by atoms with E-state index in [1.807, 2.05) is 20.8 Å². The van der Waals surface area contributed by atoms with E-state index in [0.29, 0.717) is 17.3 Å². The number of ether oxygens (including phenoxy) is 1. The zero-order chi connectivity index (χ0) is 18.2. The molecule has 0 unspecified atom stereocenters. The normalized spacial score (nSPS) is 15.7. The summed E-state index contributed by atoms with van der Waals surface area (Å²) >= 11 is 2.29. The monoisotopic (exact) mass is 452 g/mol. The van der Waals surface area contributed by atoms with Gasteiger partial charge in [0.1, 0.15) is 5.60 Å². The van der Waals surface area contributed by atoms with E-state index in [1.54, 1.807) is 0 Å². The third kappa shape index (κ3) is 4.11. The first-order valence-electron chi connectivity index (χ1n) is 8.20. The van der Waals surface area contributed by atoms with Crippen LogP contribution < -0.4 is 0 Å². The molecule has 25 heavy (non-hydrogen) atoms. The Balaban J connectivity index is 1.72. The molecule has 1 aliphatic carbocycles. The van der Waals surface area contributed by atoms with E-state index >= 15 is 0 Å². The summed E-state index contributed by atoms with van der Waals surface area (Å²) in [6.07, 6.45) is 2.20. The lowest BCUT2D eigenvalue weighted by atomic mass is 9.95. The summed E-state index contributed by atoms with van der Waals surface area (Å²) in [5.41, 5.74) is 0.804. The molecular formula is C19H21IN2O3. The number of hydrogen-bond donors (Lipinski definition) is 0. The molecule has 3 rings (SSSR count). The van der Waals surface area contributed by atoms with E-state index in [0.717, 1.165) is 12.8 Å². The number of aromatic nitrogens is 2. The predicted octanol–water partition coefficient (Wildman–Crippen LogP) is 4.19. The van der Waals surface area contributed by atoms with Crippen molar-refractivity contribution < 1.29 is 14.1 Å². The minimum Gasteiger partial charge on any atom is -0.457 e. The fraction of sp³-hybridized carbons (Fsp3) is 0.421. The van der Waals surface area contributed by atoms with Crippen LogP contribution in [-0.2, 0) is 21.4 Å². The largest absolute Gasteiger partial charge is 0.457 e. The lowest BCUT2D eigenvalue weighted by molar-refractivity contribution is -0.150. The average molecular weight is 452 g/mol. The van der Waals surface area contributed by atoms with E-state index in [4.69, 9.17) is 9.26 Å². The van der Waals surface area contributed by atoms with E-state index < -0.39 is 11.6 Å². The summed E-state index contributed by atoms with van der Waals surface area (Å²) in [6, 6.07) is 8.40. The molecule has 132 valence electrons. The van der Waals surface area contributed by atoms with Crippen LogP contribution in [0.4, 0.5) is 0 Å². The van der Waals surface area contributed by atoms with Crippen molar-refractivity contribution in [3.05, 3.63) is 57.3 Å². The van der Waals surface area contributed by atoms with Gasteiger partial charge in [-0.2, -0.15) is 4.98 Å². The minimum absolute atomic E-state index is 0.153. The van der Waals surface area contributed by atoms with Gasteiger partial charge < -0.3 is 9.26 Å². The first kappa shape index (κ1) is 18.1. The maximum Gasteiger partial charge on any atom is 0.334 e. The summed E-state index contributed by atoms with van der Waals surface area (Å²) < 4.78 is 11.9. The number of esters is 1. The number of hydrogen-bond acceptors (Lipinski definition) is 5. The third-order valence-electron chi connectivity index (χ3n) is 4.10. The van der Waals surface area contributed by atoms with Crippen molar-refractivity contribution in [1.29, 1.82) is 0 Å². The Morgan fingerprint density at radius 1 is 1.32 bits per heavy atom. The highest BCUT2D eigenvalue weighted by Crippen LogP contribution is 2.52. The standard InChI is InChI=1S/C19H21IN2O3/c1-12(16(23)24-18(2,3)4)11-15-21-17(22-25-15)19(9-10-19)13-5-7-14(20)8-6-13/h5-8H,1,9-11H2,2-4H3. The zero-order valence-corrected chi connectivity index (χ0v) is 16.8. The molecule has 1 saturated carbocycles. The Hall–Kier alpha value is -1.70. The maximum absolute atomic E-state index is 12.0. The van der Waals surface area contributed by atoms with Gasteiger partial charge in [-0.15, -0.1) is 0 Å². The fourth-order valence-corrected chi connectivity index (χ4v) is 3.02. The van der Waals surface area contributed by atoms with Gasteiger partial charge >= 0.3 is 5.97 Å². The molecule has 1 aromatic heterocycles. The first-order chi connectivity index (χ1) is 11.7. The van der Waals surface area contributed by atoms with Crippen LogP contribution in [0, 0.1) is 3.57 Å².